The molecule has 0 aliphatic heterocycles. The molecule has 0 atom stereocenters. The van der Waals surface area contributed by atoms with Crippen molar-refractivity contribution in [2.75, 3.05) is 0 Å². The Labute approximate surface area is 95.7 Å². The molecular formula is C12H7ClN2O. The quantitative estimate of drug-likeness (QED) is 0.477. The molecule has 4 heteroatoms. The Morgan fingerprint density at radius 1 is 1.06 bits per heavy atom. The lowest BCUT2D eigenvalue weighted by Gasteiger charge is -2.03. The number of halogens is 1. The van der Waals surface area contributed by atoms with Crippen LogP contribution in [0.15, 0.2) is 41.3 Å². The second-order valence-corrected chi connectivity index (χ2v) is 3.88. The van der Waals surface area contributed by atoms with Crippen LogP contribution in [0, 0.1) is 0 Å². The first-order valence-corrected chi connectivity index (χ1v) is 5.20. The summed E-state index contributed by atoms with van der Waals surface area (Å²) in [4.78, 5) is 18.5. The van der Waals surface area contributed by atoms with Crippen molar-refractivity contribution in [3.05, 3.63) is 52.0 Å². The zero-order valence-electron chi connectivity index (χ0n) is 8.20. The maximum atomic E-state index is 11.8. The van der Waals surface area contributed by atoms with Gasteiger partial charge in [-0.25, -0.2) is 4.98 Å². The van der Waals surface area contributed by atoms with Crippen LogP contribution in [-0.4, -0.2) is 9.97 Å². The summed E-state index contributed by atoms with van der Waals surface area (Å²) in [5.74, 6) is 0. The molecular weight excluding hydrogens is 224 g/mol. The van der Waals surface area contributed by atoms with Gasteiger partial charge in [-0.3, -0.25) is 4.79 Å². The number of hydrogen-bond acceptors (Lipinski definition) is 2. The van der Waals surface area contributed by atoms with Gasteiger partial charge in [0.15, 0.2) is 5.15 Å². The van der Waals surface area contributed by atoms with Gasteiger partial charge in [-0.2, -0.15) is 0 Å². The summed E-state index contributed by atoms with van der Waals surface area (Å²) in [5, 5.41) is 2.79. The predicted octanol–water partition coefficient (Wildman–Crippen LogP) is 2.73. The molecule has 0 aliphatic carbocycles. The van der Waals surface area contributed by atoms with Crippen LogP contribution in [-0.2, 0) is 0 Å². The summed E-state index contributed by atoms with van der Waals surface area (Å²) in [6.45, 7) is 0. The summed E-state index contributed by atoms with van der Waals surface area (Å²) >= 11 is 5.95. The van der Waals surface area contributed by atoms with Gasteiger partial charge in [-0.1, -0.05) is 29.8 Å². The van der Waals surface area contributed by atoms with Crippen LogP contribution < -0.4 is 5.56 Å². The minimum atomic E-state index is -0.141. The van der Waals surface area contributed by atoms with E-state index in [1.54, 1.807) is 12.3 Å². The van der Waals surface area contributed by atoms with E-state index in [-0.39, 0.29) is 5.56 Å². The summed E-state index contributed by atoms with van der Waals surface area (Å²) in [5.41, 5.74) is 0.450. The number of hydrogen-bond donors (Lipinski definition) is 1. The lowest BCUT2D eigenvalue weighted by atomic mass is 10.1. The first kappa shape index (κ1) is 9.36. The van der Waals surface area contributed by atoms with E-state index in [0.29, 0.717) is 16.1 Å². The number of nitrogens with zero attached hydrogens (tertiary/aromatic N) is 1. The lowest BCUT2D eigenvalue weighted by Crippen LogP contribution is -2.06. The number of rotatable bonds is 0. The third kappa shape index (κ3) is 1.22. The molecule has 0 saturated carbocycles. The standard InChI is InChI=1S/C12H7ClN2O/c13-11-10-8(5-6-14-11)7-3-1-2-4-9(7)12(16)15-10/h1-6H,(H,15,16). The van der Waals surface area contributed by atoms with Crippen LogP contribution in [0.1, 0.15) is 0 Å². The average molecular weight is 231 g/mol. The molecule has 0 saturated heterocycles. The molecule has 2 aromatic heterocycles. The van der Waals surface area contributed by atoms with Crippen molar-refractivity contribution in [2.24, 2.45) is 0 Å². The van der Waals surface area contributed by atoms with Gasteiger partial charge in [0, 0.05) is 17.0 Å². The number of benzene rings is 1. The molecule has 0 unspecified atom stereocenters. The fraction of sp³-hybridized carbons (Fsp3) is 0. The van der Waals surface area contributed by atoms with E-state index in [0.717, 1.165) is 10.8 Å². The Balaban J connectivity index is 2.70. The average Bonchev–Trinajstić information content (AvgIpc) is 2.31. The molecule has 2 heterocycles. The molecule has 78 valence electrons. The highest BCUT2D eigenvalue weighted by Gasteiger charge is 2.06. The van der Waals surface area contributed by atoms with Gasteiger partial charge in [-0.05, 0) is 17.5 Å². The summed E-state index contributed by atoms with van der Waals surface area (Å²) in [6.07, 6.45) is 1.63. The number of fused-ring (bicyclic) bond motifs is 3. The highest BCUT2D eigenvalue weighted by molar-refractivity contribution is 6.34. The van der Waals surface area contributed by atoms with Crippen LogP contribution in [0.25, 0.3) is 21.7 Å². The number of nitrogens with one attached hydrogen (secondary N) is 1. The van der Waals surface area contributed by atoms with Crippen molar-refractivity contribution in [2.45, 2.75) is 0 Å². The summed E-state index contributed by atoms with van der Waals surface area (Å²) < 4.78 is 0. The summed E-state index contributed by atoms with van der Waals surface area (Å²) in [7, 11) is 0. The first-order chi connectivity index (χ1) is 7.77. The SMILES string of the molecule is O=c1[nH]c2c(Cl)nccc2c2ccccc12. The molecule has 1 aromatic carbocycles. The Kier molecular flexibility index (Phi) is 1.94. The monoisotopic (exact) mass is 230 g/mol. The fourth-order valence-corrected chi connectivity index (χ4v) is 2.08. The van der Waals surface area contributed by atoms with E-state index in [9.17, 15) is 4.79 Å². The van der Waals surface area contributed by atoms with Crippen molar-refractivity contribution in [1.29, 1.82) is 0 Å². The van der Waals surface area contributed by atoms with Crippen molar-refractivity contribution < 1.29 is 0 Å². The fourth-order valence-electron chi connectivity index (χ4n) is 1.88. The van der Waals surface area contributed by atoms with Crippen LogP contribution in [0.2, 0.25) is 5.15 Å². The number of pyridine rings is 2. The Hall–Kier alpha value is -1.87. The normalized spacial score (nSPS) is 11.1. The Bertz CT molecular complexity index is 749. The minimum Gasteiger partial charge on any atom is -0.319 e. The van der Waals surface area contributed by atoms with Crippen LogP contribution in [0.4, 0.5) is 0 Å². The van der Waals surface area contributed by atoms with Gasteiger partial charge in [0.25, 0.3) is 5.56 Å². The molecule has 0 fully saturated rings. The van der Waals surface area contributed by atoms with E-state index < -0.39 is 0 Å². The molecule has 0 aliphatic rings. The molecule has 3 nitrogen and oxygen atoms in total. The molecule has 1 N–H and O–H groups in total. The van der Waals surface area contributed by atoms with E-state index in [2.05, 4.69) is 9.97 Å². The van der Waals surface area contributed by atoms with Crippen molar-refractivity contribution in [3.63, 3.8) is 0 Å². The van der Waals surface area contributed by atoms with Crippen molar-refractivity contribution in [3.8, 4) is 0 Å². The number of H-pyrrole nitrogens is 1. The van der Waals surface area contributed by atoms with Gasteiger partial charge >= 0.3 is 0 Å². The topological polar surface area (TPSA) is 45.8 Å². The second kappa shape index (κ2) is 3.32. The predicted molar refractivity (Wildman–Crippen MR) is 64.9 cm³/mol. The summed E-state index contributed by atoms with van der Waals surface area (Å²) in [6, 6.07) is 9.28. The highest BCUT2D eigenvalue weighted by Crippen LogP contribution is 2.24. The van der Waals surface area contributed by atoms with E-state index >= 15 is 0 Å². The van der Waals surface area contributed by atoms with Crippen molar-refractivity contribution >= 4 is 33.3 Å². The minimum absolute atomic E-state index is 0.141. The third-order valence-electron chi connectivity index (χ3n) is 2.61. The molecule has 3 rings (SSSR count). The molecule has 0 spiro atoms. The molecule has 0 amide bonds. The molecule has 0 radical (unpaired) electrons. The second-order valence-electron chi connectivity index (χ2n) is 3.52. The van der Waals surface area contributed by atoms with Gasteiger partial charge in [0.05, 0.1) is 5.52 Å². The molecule has 3 aromatic rings. The van der Waals surface area contributed by atoms with E-state index in [4.69, 9.17) is 11.6 Å². The zero-order valence-corrected chi connectivity index (χ0v) is 8.95. The first-order valence-electron chi connectivity index (χ1n) is 4.82. The lowest BCUT2D eigenvalue weighted by molar-refractivity contribution is 1.29. The Morgan fingerprint density at radius 3 is 2.62 bits per heavy atom. The maximum absolute atomic E-state index is 11.8. The van der Waals surface area contributed by atoms with Crippen LogP contribution in [0.5, 0.6) is 0 Å². The number of aromatic nitrogens is 2. The molecule has 0 bridgehead atoms. The van der Waals surface area contributed by atoms with Gasteiger partial charge in [0.2, 0.25) is 0 Å². The van der Waals surface area contributed by atoms with Gasteiger partial charge in [-0.15, -0.1) is 0 Å². The van der Waals surface area contributed by atoms with E-state index in [1.807, 2.05) is 24.3 Å². The maximum Gasteiger partial charge on any atom is 0.256 e. The smallest absolute Gasteiger partial charge is 0.256 e. The highest BCUT2D eigenvalue weighted by atomic mass is 35.5. The van der Waals surface area contributed by atoms with Gasteiger partial charge < -0.3 is 4.98 Å². The Morgan fingerprint density at radius 2 is 1.81 bits per heavy atom. The zero-order chi connectivity index (χ0) is 11.1. The molecule has 16 heavy (non-hydrogen) atoms. The van der Waals surface area contributed by atoms with Crippen molar-refractivity contribution in [1.82, 2.24) is 9.97 Å². The van der Waals surface area contributed by atoms with E-state index in [1.165, 1.54) is 0 Å². The van der Waals surface area contributed by atoms with Crippen LogP contribution in [0.3, 0.4) is 0 Å². The largest absolute Gasteiger partial charge is 0.319 e. The van der Waals surface area contributed by atoms with Gasteiger partial charge in [0.1, 0.15) is 0 Å². The van der Waals surface area contributed by atoms with Crippen LogP contribution >= 0.6 is 11.6 Å². The third-order valence-corrected chi connectivity index (χ3v) is 2.89. The number of aromatic amines is 1.